The monoisotopic (exact) mass is 487 g/mol. The molecule has 174 valence electrons. The molecule has 3 aromatic carbocycles. The van der Waals surface area contributed by atoms with Crippen LogP contribution in [0.1, 0.15) is 12.5 Å². The van der Waals surface area contributed by atoms with Crippen molar-refractivity contribution in [3.8, 4) is 0 Å². The van der Waals surface area contributed by atoms with Gasteiger partial charge >= 0.3 is 0 Å². The predicted octanol–water partition coefficient (Wildman–Crippen LogP) is 3.28. The van der Waals surface area contributed by atoms with Gasteiger partial charge in [-0.1, -0.05) is 54.1 Å². The van der Waals surface area contributed by atoms with E-state index in [0.717, 1.165) is 20.6 Å². The van der Waals surface area contributed by atoms with Crippen molar-refractivity contribution in [2.45, 2.75) is 24.4 Å². The van der Waals surface area contributed by atoms with E-state index in [4.69, 9.17) is 11.6 Å². The molecule has 0 heterocycles. The minimum Gasteiger partial charge on any atom is -0.357 e. The number of sulfonamides is 1. The van der Waals surface area contributed by atoms with Crippen molar-refractivity contribution < 1.29 is 18.0 Å². The van der Waals surface area contributed by atoms with Gasteiger partial charge in [0.05, 0.1) is 11.4 Å². The summed E-state index contributed by atoms with van der Waals surface area (Å²) in [5.41, 5.74) is 0.728. The van der Waals surface area contributed by atoms with Gasteiger partial charge in [0.2, 0.25) is 21.8 Å². The molecule has 0 saturated carbocycles. The maximum Gasteiger partial charge on any atom is 0.243 e. The third-order valence-electron chi connectivity index (χ3n) is 5.44. The number of carbonyl (C=O) groups is 2. The fourth-order valence-corrected chi connectivity index (χ4v) is 4.87. The van der Waals surface area contributed by atoms with Crippen LogP contribution in [0.2, 0.25) is 5.02 Å². The average Bonchev–Trinajstić information content (AvgIpc) is 2.81. The molecule has 0 fully saturated rings. The first-order chi connectivity index (χ1) is 15.6. The van der Waals surface area contributed by atoms with Gasteiger partial charge in [-0.25, -0.2) is 8.42 Å². The van der Waals surface area contributed by atoms with Crippen molar-refractivity contribution in [3.05, 3.63) is 77.3 Å². The van der Waals surface area contributed by atoms with Crippen LogP contribution in [0.25, 0.3) is 10.8 Å². The van der Waals surface area contributed by atoms with E-state index in [1.807, 2.05) is 24.3 Å². The van der Waals surface area contributed by atoms with E-state index >= 15 is 0 Å². The number of nitrogens with one attached hydrogen (secondary N) is 1. The fourth-order valence-electron chi connectivity index (χ4n) is 3.50. The zero-order valence-electron chi connectivity index (χ0n) is 18.7. The maximum atomic E-state index is 13.2. The molecular weight excluding hydrogens is 462 g/mol. The van der Waals surface area contributed by atoms with Gasteiger partial charge < -0.3 is 10.2 Å². The Hall–Kier alpha value is -2.94. The highest BCUT2D eigenvalue weighted by Crippen LogP contribution is 2.22. The highest BCUT2D eigenvalue weighted by Gasteiger charge is 2.30. The molecule has 1 atom stereocenters. The summed E-state index contributed by atoms with van der Waals surface area (Å²) in [5.74, 6) is -0.858. The lowest BCUT2D eigenvalue weighted by molar-refractivity contribution is -0.140. The third kappa shape index (κ3) is 5.71. The molecule has 2 amide bonds. The minimum absolute atomic E-state index is 0.0947. The average molecular weight is 488 g/mol. The largest absolute Gasteiger partial charge is 0.357 e. The van der Waals surface area contributed by atoms with Crippen molar-refractivity contribution in [2.24, 2.45) is 0 Å². The summed E-state index contributed by atoms with van der Waals surface area (Å²) < 4.78 is 27.3. The van der Waals surface area contributed by atoms with E-state index in [-0.39, 0.29) is 17.3 Å². The number of hydrogen-bond acceptors (Lipinski definition) is 4. The molecule has 0 spiro atoms. The number of fused-ring (bicyclic) bond motifs is 1. The molecule has 0 radical (unpaired) electrons. The van der Waals surface area contributed by atoms with Crippen molar-refractivity contribution in [3.63, 3.8) is 0 Å². The first-order valence-electron chi connectivity index (χ1n) is 10.3. The van der Waals surface area contributed by atoms with Crippen molar-refractivity contribution in [2.75, 3.05) is 20.6 Å². The molecule has 33 heavy (non-hydrogen) atoms. The number of hydrogen-bond donors (Lipinski definition) is 1. The summed E-state index contributed by atoms with van der Waals surface area (Å²) in [4.78, 5) is 26.9. The first kappa shape index (κ1) is 24.7. The van der Waals surface area contributed by atoms with E-state index < -0.39 is 28.5 Å². The Morgan fingerprint density at radius 3 is 2.36 bits per heavy atom. The Balaban J connectivity index is 1.85. The lowest BCUT2D eigenvalue weighted by atomic mass is 10.1. The van der Waals surface area contributed by atoms with Crippen molar-refractivity contribution >= 4 is 44.2 Å². The standard InChI is InChI=1S/C24H26ClN3O4S/c1-17(24(30)26-2)28(15-18-7-6-10-21(25)13-18)23(29)16-27(3)33(31,32)22-12-11-19-8-4-5-9-20(19)14-22/h4-14,17H,15-16H2,1-3H3,(H,26,30)/t17-/m0/s1. The number of amides is 2. The Morgan fingerprint density at radius 2 is 1.70 bits per heavy atom. The highest BCUT2D eigenvalue weighted by atomic mass is 35.5. The third-order valence-corrected chi connectivity index (χ3v) is 7.48. The lowest BCUT2D eigenvalue weighted by Crippen LogP contribution is -2.50. The van der Waals surface area contributed by atoms with Crippen LogP contribution < -0.4 is 5.32 Å². The highest BCUT2D eigenvalue weighted by molar-refractivity contribution is 7.89. The van der Waals surface area contributed by atoms with E-state index in [1.54, 1.807) is 43.3 Å². The zero-order chi connectivity index (χ0) is 24.2. The Kier molecular flexibility index (Phi) is 7.73. The summed E-state index contributed by atoms with van der Waals surface area (Å²) in [5, 5.41) is 4.74. The summed E-state index contributed by atoms with van der Waals surface area (Å²) in [7, 11) is -1.09. The van der Waals surface area contributed by atoms with Gasteiger partial charge in [-0.3, -0.25) is 9.59 Å². The molecule has 0 aliphatic rings. The second-order valence-corrected chi connectivity index (χ2v) is 10.2. The van der Waals surface area contributed by atoms with Gasteiger partial charge in [0.1, 0.15) is 6.04 Å². The van der Waals surface area contributed by atoms with E-state index in [2.05, 4.69) is 5.32 Å². The number of halogens is 1. The van der Waals surface area contributed by atoms with Crippen LogP contribution in [0.5, 0.6) is 0 Å². The van der Waals surface area contributed by atoms with E-state index in [1.165, 1.54) is 25.1 Å². The van der Waals surface area contributed by atoms with Crippen LogP contribution >= 0.6 is 11.6 Å². The second kappa shape index (κ2) is 10.3. The quantitative estimate of drug-likeness (QED) is 0.528. The van der Waals surface area contributed by atoms with Crippen LogP contribution in [0.15, 0.2) is 71.6 Å². The predicted molar refractivity (Wildman–Crippen MR) is 129 cm³/mol. The second-order valence-electron chi connectivity index (χ2n) is 7.71. The number of benzene rings is 3. The summed E-state index contributed by atoms with van der Waals surface area (Å²) in [6.45, 7) is 1.29. The van der Waals surface area contributed by atoms with Crippen LogP contribution in [0, 0.1) is 0 Å². The van der Waals surface area contributed by atoms with Gasteiger partial charge in [-0.2, -0.15) is 4.31 Å². The molecule has 3 aromatic rings. The first-order valence-corrected chi connectivity index (χ1v) is 12.2. The SMILES string of the molecule is CNC(=O)[C@H](C)N(Cc1cccc(Cl)c1)C(=O)CN(C)S(=O)(=O)c1ccc2ccccc2c1. The van der Waals surface area contributed by atoms with Gasteiger partial charge in [0.25, 0.3) is 0 Å². The summed E-state index contributed by atoms with van der Waals surface area (Å²) in [6.07, 6.45) is 0. The molecule has 0 saturated heterocycles. The van der Waals surface area contributed by atoms with Crippen LogP contribution in [0.3, 0.4) is 0 Å². The number of nitrogens with zero attached hydrogens (tertiary/aromatic N) is 2. The molecule has 0 aromatic heterocycles. The molecule has 3 rings (SSSR count). The molecule has 7 nitrogen and oxygen atoms in total. The molecule has 0 unspecified atom stereocenters. The van der Waals surface area contributed by atoms with Gasteiger partial charge in [-0.15, -0.1) is 0 Å². The number of carbonyl (C=O) groups excluding carboxylic acids is 2. The number of likely N-dealkylation sites (N-methyl/N-ethyl adjacent to an activating group) is 2. The van der Waals surface area contributed by atoms with Gasteiger partial charge in [-0.05, 0) is 47.5 Å². The molecule has 0 aliphatic carbocycles. The molecule has 1 N–H and O–H groups in total. The van der Waals surface area contributed by atoms with Crippen molar-refractivity contribution in [1.29, 1.82) is 0 Å². The fraction of sp³-hybridized carbons (Fsp3) is 0.250. The summed E-state index contributed by atoms with van der Waals surface area (Å²) in [6, 6.07) is 18.4. The molecular formula is C24H26ClN3O4S. The minimum atomic E-state index is -3.93. The van der Waals surface area contributed by atoms with E-state index in [9.17, 15) is 18.0 Å². The molecule has 0 aliphatic heterocycles. The zero-order valence-corrected chi connectivity index (χ0v) is 20.2. The topological polar surface area (TPSA) is 86.8 Å². The smallest absolute Gasteiger partial charge is 0.243 e. The number of rotatable bonds is 8. The van der Waals surface area contributed by atoms with Crippen LogP contribution in [-0.2, 0) is 26.2 Å². The van der Waals surface area contributed by atoms with Crippen molar-refractivity contribution in [1.82, 2.24) is 14.5 Å². The Morgan fingerprint density at radius 1 is 1.00 bits per heavy atom. The van der Waals surface area contributed by atoms with E-state index in [0.29, 0.717) is 5.02 Å². The summed E-state index contributed by atoms with van der Waals surface area (Å²) >= 11 is 6.06. The van der Waals surface area contributed by atoms with Crippen LogP contribution in [0.4, 0.5) is 0 Å². The molecule has 0 bridgehead atoms. The Labute approximate surface area is 199 Å². The Bertz CT molecular complexity index is 1280. The maximum absolute atomic E-state index is 13.2. The van der Waals surface area contributed by atoms with Gasteiger partial charge in [0, 0.05) is 25.7 Å². The lowest BCUT2D eigenvalue weighted by Gasteiger charge is -2.30. The molecule has 9 heteroatoms. The van der Waals surface area contributed by atoms with Crippen LogP contribution in [-0.4, -0.2) is 56.1 Å². The van der Waals surface area contributed by atoms with Gasteiger partial charge in [0.15, 0.2) is 0 Å². The normalized spacial score (nSPS) is 12.5.